The average Bonchev–Trinajstić information content (AvgIpc) is 2.40. The van der Waals surface area contributed by atoms with Crippen LogP contribution in [0.5, 0.6) is 0 Å². The van der Waals surface area contributed by atoms with Gasteiger partial charge in [-0.15, -0.1) is 0 Å². The second-order valence-corrected chi connectivity index (χ2v) is 7.12. The minimum absolute atomic E-state index is 0.179. The standard InChI is InChI=1S/C16H30N2O/c1-16(2)12-17-11-10-14(16)18-15(19)9-8-13-6-4-3-5-7-13/h13-14,17H,3-12H2,1-2H3,(H,18,19). The summed E-state index contributed by atoms with van der Waals surface area (Å²) in [5.41, 5.74) is 0.179. The molecule has 1 saturated heterocycles. The summed E-state index contributed by atoms with van der Waals surface area (Å²) in [5, 5.41) is 6.68. The lowest BCUT2D eigenvalue weighted by Gasteiger charge is -2.39. The summed E-state index contributed by atoms with van der Waals surface area (Å²) in [4.78, 5) is 12.1. The fraction of sp³-hybridized carbons (Fsp3) is 0.938. The van der Waals surface area contributed by atoms with E-state index in [1.54, 1.807) is 0 Å². The van der Waals surface area contributed by atoms with Gasteiger partial charge in [-0.3, -0.25) is 4.79 Å². The van der Waals surface area contributed by atoms with E-state index in [9.17, 15) is 4.79 Å². The number of hydrogen-bond acceptors (Lipinski definition) is 2. The molecule has 0 radical (unpaired) electrons. The Kier molecular flexibility index (Phi) is 5.26. The molecular formula is C16H30N2O. The Balaban J connectivity index is 1.71. The zero-order chi connectivity index (χ0) is 13.7. The highest BCUT2D eigenvalue weighted by atomic mass is 16.1. The van der Waals surface area contributed by atoms with E-state index in [0.717, 1.165) is 38.3 Å². The molecule has 0 aromatic carbocycles. The highest BCUT2D eigenvalue weighted by Gasteiger charge is 2.33. The van der Waals surface area contributed by atoms with Crippen LogP contribution in [0.25, 0.3) is 0 Å². The fourth-order valence-corrected chi connectivity index (χ4v) is 3.52. The van der Waals surface area contributed by atoms with Crippen molar-refractivity contribution < 1.29 is 4.79 Å². The van der Waals surface area contributed by atoms with Crippen LogP contribution in [0.15, 0.2) is 0 Å². The minimum Gasteiger partial charge on any atom is -0.353 e. The van der Waals surface area contributed by atoms with E-state index >= 15 is 0 Å². The molecule has 1 amide bonds. The first-order chi connectivity index (χ1) is 9.08. The van der Waals surface area contributed by atoms with Gasteiger partial charge in [-0.25, -0.2) is 0 Å². The highest BCUT2D eigenvalue weighted by Crippen LogP contribution is 2.28. The number of amides is 1. The topological polar surface area (TPSA) is 41.1 Å². The van der Waals surface area contributed by atoms with Gasteiger partial charge in [-0.05, 0) is 30.7 Å². The van der Waals surface area contributed by atoms with E-state index in [2.05, 4.69) is 24.5 Å². The number of carbonyl (C=O) groups excluding carboxylic acids is 1. The Hall–Kier alpha value is -0.570. The highest BCUT2D eigenvalue weighted by molar-refractivity contribution is 5.76. The van der Waals surface area contributed by atoms with Crippen molar-refractivity contribution in [3.63, 3.8) is 0 Å². The summed E-state index contributed by atoms with van der Waals surface area (Å²) in [5.74, 6) is 1.08. The average molecular weight is 266 g/mol. The molecule has 3 nitrogen and oxygen atoms in total. The third kappa shape index (κ3) is 4.48. The van der Waals surface area contributed by atoms with Crippen molar-refractivity contribution in [1.82, 2.24) is 10.6 Å². The predicted molar refractivity (Wildman–Crippen MR) is 79.0 cm³/mol. The Bertz CT molecular complexity index is 295. The summed E-state index contributed by atoms with van der Waals surface area (Å²) in [6, 6.07) is 0.340. The monoisotopic (exact) mass is 266 g/mol. The van der Waals surface area contributed by atoms with E-state index in [4.69, 9.17) is 0 Å². The van der Waals surface area contributed by atoms with Crippen LogP contribution in [0.3, 0.4) is 0 Å². The lowest BCUT2D eigenvalue weighted by molar-refractivity contribution is -0.123. The maximum atomic E-state index is 12.1. The molecule has 1 aliphatic heterocycles. The second-order valence-electron chi connectivity index (χ2n) is 7.12. The van der Waals surface area contributed by atoms with Gasteiger partial charge >= 0.3 is 0 Å². The van der Waals surface area contributed by atoms with Crippen molar-refractivity contribution in [2.75, 3.05) is 13.1 Å². The second kappa shape index (κ2) is 6.74. The first-order valence-corrected chi connectivity index (χ1v) is 8.08. The lowest BCUT2D eigenvalue weighted by Crippen LogP contribution is -2.54. The minimum atomic E-state index is 0.179. The number of rotatable bonds is 4. The van der Waals surface area contributed by atoms with Crippen LogP contribution in [0.2, 0.25) is 0 Å². The van der Waals surface area contributed by atoms with Crippen LogP contribution in [0, 0.1) is 11.3 Å². The van der Waals surface area contributed by atoms with Gasteiger partial charge in [0.05, 0.1) is 0 Å². The van der Waals surface area contributed by atoms with Gasteiger partial charge in [0.1, 0.15) is 0 Å². The van der Waals surface area contributed by atoms with E-state index in [-0.39, 0.29) is 11.3 Å². The molecule has 1 aliphatic carbocycles. The number of hydrogen-bond donors (Lipinski definition) is 2. The van der Waals surface area contributed by atoms with E-state index in [1.165, 1.54) is 32.1 Å². The van der Waals surface area contributed by atoms with Crippen molar-refractivity contribution >= 4 is 5.91 Å². The Morgan fingerprint density at radius 2 is 1.95 bits per heavy atom. The van der Waals surface area contributed by atoms with Gasteiger partial charge in [0, 0.05) is 19.0 Å². The van der Waals surface area contributed by atoms with Crippen molar-refractivity contribution in [1.29, 1.82) is 0 Å². The van der Waals surface area contributed by atoms with Gasteiger partial charge in [0.15, 0.2) is 0 Å². The number of carbonyl (C=O) groups is 1. The van der Waals surface area contributed by atoms with Crippen molar-refractivity contribution in [2.45, 2.75) is 71.3 Å². The van der Waals surface area contributed by atoms with Crippen LogP contribution >= 0.6 is 0 Å². The summed E-state index contributed by atoms with van der Waals surface area (Å²) >= 11 is 0. The smallest absolute Gasteiger partial charge is 0.220 e. The molecule has 0 aromatic rings. The molecule has 2 rings (SSSR count). The Morgan fingerprint density at radius 3 is 2.63 bits per heavy atom. The molecule has 2 aliphatic rings. The molecule has 0 bridgehead atoms. The maximum Gasteiger partial charge on any atom is 0.220 e. The molecule has 19 heavy (non-hydrogen) atoms. The third-order valence-corrected chi connectivity index (χ3v) is 4.97. The summed E-state index contributed by atoms with van der Waals surface area (Å²) < 4.78 is 0. The van der Waals surface area contributed by atoms with Crippen molar-refractivity contribution in [2.24, 2.45) is 11.3 Å². The SMILES string of the molecule is CC1(C)CNCCC1NC(=O)CCC1CCCCC1. The molecule has 2 N–H and O–H groups in total. The molecule has 1 heterocycles. The summed E-state index contributed by atoms with van der Waals surface area (Å²) in [7, 11) is 0. The molecule has 0 spiro atoms. The van der Waals surface area contributed by atoms with E-state index in [1.807, 2.05) is 0 Å². The van der Waals surface area contributed by atoms with E-state index < -0.39 is 0 Å². The zero-order valence-corrected chi connectivity index (χ0v) is 12.6. The molecule has 1 saturated carbocycles. The Labute approximate surface area is 117 Å². The zero-order valence-electron chi connectivity index (χ0n) is 12.6. The van der Waals surface area contributed by atoms with Gasteiger partial charge < -0.3 is 10.6 Å². The van der Waals surface area contributed by atoms with Crippen molar-refractivity contribution in [3.8, 4) is 0 Å². The number of nitrogens with one attached hydrogen (secondary N) is 2. The molecular weight excluding hydrogens is 236 g/mol. The molecule has 0 aromatic heterocycles. The summed E-state index contributed by atoms with van der Waals surface area (Å²) in [6.07, 6.45) is 9.69. The van der Waals surface area contributed by atoms with Crippen LogP contribution in [-0.2, 0) is 4.79 Å². The number of piperidine rings is 1. The summed E-state index contributed by atoms with van der Waals surface area (Å²) in [6.45, 7) is 6.51. The molecule has 3 heteroatoms. The normalized spacial score (nSPS) is 28.0. The van der Waals surface area contributed by atoms with Crippen LogP contribution in [0.1, 0.15) is 65.2 Å². The predicted octanol–water partition coefficient (Wildman–Crippen LogP) is 2.85. The molecule has 110 valence electrons. The van der Waals surface area contributed by atoms with Crippen LogP contribution < -0.4 is 10.6 Å². The first-order valence-electron chi connectivity index (χ1n) is 8.08. The fourth-order valence-electron chi connectivity index (χ4n) is 3.52. The van der Waals surface area contributed by atoms with E-state index in [0.29, 0.717) is 6.04 Å². The Morgan fingerprint density at radius 1 is 1.21 bits per heavy atom. The molecule has 1 unspecified atom stereocenters. The third-order valence-electron chi connectivity index (χ3n) is 4.97. The van der Waals surface area contributed by atoms with Crippen molar-refractivity contribution in [3.05, 3.63) is 0 Å². The van der Waals surface area contributed by atoms with Gasteiger partial charge in [-0.2, -0.15) is 0 Å². The van der Waals surface area contributed by atoms with Crippen LogP contribution in [-0.4, -0.2) is 25.0 Å². The largest absolute Gasteiger partial charge is 0.353 e. The molecule has 1 atom stereocenters. The molecule has 2 fully saturated rings. The first kappa shape index (κ1) is 14.8. The maximum absolute atomic E-state index is 12.1. The van der Waals surface area contributed by atoms with Gasteiger partial charge in [-0.1, -0.05) is 46.0 Å². The quantitative estimate of drug-likeness (QED) is 0.821. The van der Waals surface area contributed by atoms with Gasteiger partial charge in [0.25, 0.3) is 0 Å². The lowest BCUT2D eigenvalue weighted by atomic mass is 9.80. The van der Waals surface area contributed by atoms with Crippen LogP contribution in [0.4, 0.5) is 0 Å². The van der Waals surface area contributed by atoms with Gasteiger partial charge in [0.2, 0.25) is 5.91 Å².